The number of anilines is 1. The van der Waals surface area contributed by atoms with Crippen molar-refractivity contribution in [2.24, 2.45) is 0 Å². The Morgan fingerprint density at radius 3 is 2.68 bits per heavy atom. The SMILES string of the molecule is C[C@@H](C(=O)Nc1ccccc1C#N)N(C)CCOc1ccccc1F. The third-order valence-electron chi connectivity index (χ3n) is 3.88. The molecule has 0 saturated heterocycles. The van der Waals surface area contributed by atoms with Crippen LogP contribution in [0.1, 0.15) is 12.5 Å². The average molecular weight is 341 g/mol. The Balaban J connectivity index is 1.86. The molecule has 1 amide bonds. The summed E-state index contributed by atoms with van der Waals surface area (Å²) in [5, 5.41) is 11.8. The van der Waals surface area contributed by atoms with Crippen molar-refractivity contribution in [1.82, 2.24) is 4.90 Å². The highest BCUT2D eigenvalue weighted by Crippen LogP contribution is 2.16. The molecular weight excluding hydrogens is 321 g/mol. The van der Waals surface area contributed by atoms with E-state index in [1.165, 1.54) is 6.07 Å². The molecule has 1 atom stereocenters. The second-order valence-electron chi connectivity index (χ2n) is 5.58. The molecule has 0 radical (unpaired) electrons. The number of likely N-dealkylation sites (N-methyl/N-ethyl adjacent to an activating group) is 1. The Kier molecular flexibility index (Phi) is 6.49. The number of carbonyl (C=O) groups excluding carboxylic acids is 1. The van der Waals surface area contributed by atoms with Gasteiger partial charge in [0.1, 0.15) is 12.7 Å². The molecule has 0 aliphatic heterocycles. The lowest BCUT2D eigenvalue weighted by atomic mass is 10.2. The summed E-state index contributed by atoms with van der Waals surface area (Å²) in [4.78, 5) is 14.1. The molecule has 0 saturated carbocycles. The molecule has 0 fully saturated rings. The van der Waals surface area contributed by atoms with Gasteiger partial charge in [-0.05, 0) is 38.2 Å². The van der Waals surface area contributed by atoms with Gasteiger partial charge in [-0.1, -0.05) is 24.3 Å². The number of hydrogen-bond acceptors (Lipinski definition) is 4. The number of rotatable bonds is 7. The zero-order valence-electron chi connectivity index (χ0n) is 14.2. The molecule has 2 rings (SSSR count). The molecule has 0 aliphatic rings. The predicted octanol–water partition coefficient (Wildman–Crippen LogP) is 3.04. The summed E-state index contributed by atoms with van der Waals surface area (Å²) in [7, 11) is 1.78. The minimum Gasteiger partial charge on any atom is -0.489 e. The fraction of sp³-hybridized carbons (Fsp3) is 0.263. The highest BCUT2D eigenvalue weighted by atomic mass is 19.1. The molecule has 2 aromatic carbocycles. The fourth-order valence-electron chi connectivity index (χ4n) is 2.18. The van der Waals surface area contributed by atoms with Crippen molar-refractivity contribution in [1.29, 1.82) is 5.26 Å². The molecule has 6 heteroatoms. The van der Waals surface area contributed by atoms with Gasteiger partial charge in [-0.3, -0.25) is 9.69 Å². The number of para-hydroxylation sites is 2. The maximum atomic E-state index is 13.5. The summed E-state index contributed by atoms with van der Waals surface area (Å²) < 4.78 is 18.9. The Labute approximate surface area is 146 Å². The van der Waals surface area contributed by atoms with Crippen LogP contribution in [0, 0.1) is 17.1 Å². The molecular formula is C19H20FN3O2. The minimum atomic E-state index is -0.434. The summed E-state index contributed by atoms with van der Waals surface area (Å²) in [5.74, 6) is -0.448. The van der Waals surface area contributed by atoms with E-state index in [9.17, 15) is 9.18 Å². The summed E-state index contributed by atoms with van der Waals surface area (Å²) in [6, 6.07) is 14.6. The molecule has 1 N–H and O–H groups in total. The molecule has 2 aromatic rings. The van der Waals surface area contributed by atoms with E-state index in [2.05, 4.69) is 5.32 Å². The Morgan fingerprint density at radius 1 is 1.28 bits per heavy atom. The van der Waals surface area contributed by atoms with E-state index in [4.69, 9.17) is 10.00 Å². The number of halogens is 1. The first kappa shape index (κ1) is 18.4. The van der Waals surface area contributed by atoms with Gasteiger partial charge >= 0.3 is 0 Å². The van der Waals surface area contributed by atoms with Crippen molar-refractivity contribution < 1.29 is 13.9 Å². The van der Waals surface area contributed by atoms with Gasteiger partial charge in [-0.25, -0.2) is 4.39 Å². The van der Waals surface area contributed by atoms with Crippen molar-refractivity contribution in [3.05, 3.63) is 59.9 Å². The van der Waals surface area contributed by atoms with E-state index in [1.54, 1.807) is 61.3 Å². The number of carbonyl (C=O) groups is 1. The van der Waals surface area contributed by atoms with Gasteiger partial charge in [0.2, 0.25) is 5.91 Å². The average Bonchev–Trinajstić information content (AvgIpc) is 2.63. The Morgan fingerprint density at radius 2 is 1.96 bits per heavy atom. The van der Waals surface area contributed by atoms with Crippen LogP contribution in [0.5, 0.6) is 5.75 Å². The molecule has 0 aromatic heterocycles. The van der Waals surface area contributed by atoms with E-state index in [1.807, 2.05) is 6.07 Å². The monoisotopic (exact) mass is 341 g/mol. The quantitative estimate of drug-likeness (QED) is 0.841. The summed E-state index contributed by atoms with van der Waals surface area (Å²) >= 11 is 0. The maximum absolute atomic E-state index is 13.5. The van der Waals surface area contributed by atoms with Crippen LogP contribution in [-0.4, -0.2) is 37.0 Å². The van der Waals surface area contributed by atoms with Gasteiger partial charge in [0, 0.05) is 6.54 Å². The number of ether oxygens (including phenoxy) is 1. The molecule has 130 valence electrons. The van der Waals surface area contributed by atoms with E-state index in [-0.39, 0.29) is 18.3 Å². The van der Waals surface area contributed by atoms with E-state index < -0.39 is 11.9 Å². The first-order valence-electron chi connectivity index (χ1n) is 7.90. The predicted molar refractivity (Wildman–Crippen MR) is 93.8 cm³/mol. The minimum absolute atomic E-state index is 0.191. The van der Waals surface area contributed by atoms with Crippen LogP contribution in [0.25, 0.3) is 0 Å². The van der Waals surface area contributed by atoms with Crippen molar-refractivity contribution in [2.45, 2.75) is 13.0 Å². The van der Waals surface area contributed by atoms with Crippen LogP contribution >= 0.6 is 0 Å². The van der Waals surface area contributed by atoms with Crippen molar-refractivity contribution in [3.8, 4) is 11.8 Å². The molecule has 0 heterocycles. The third kappa shape index (κ3) is 5.03. The number of amides is 1. The smallest absolute Gasteiger partial charge is 0.241 e. The highest BCUT2D eigenvalue weighted by Gasteiger charge is 2.19. The van der Waals surface area contributed by atoms with Crippen LogP contribution in [0.3, 0.4) is 0 Å². The molecule has 25 heavy (non-hydrogen) atoms. The molecule has 0 spiro atoms. The van der Waals surface area contributed by atoms with Crippen LogP contribution < -0.4 is 10.1 Å². The van der Waals surface area contributed by atoms with Gasteiger partial charge in [0.05, 0.1) is 17.3 Å². The Bertz CT molecular complexity index is 773. The number of benzene rings is 2. The highest BCUT2D eigenvalue weighted by molar-refractivity contribution is 5.95. The topological polar surface area (TPSA) is 65.4 Å². The van der Waals surface area contributed by atoms with E-state index in [0.717, 1.165) is 0 Å². The first-order chi connectivity index (χ1) is 12.0. The lowest BCUT2D eigenvalue weighted by molar-refractivity contribution is -0.120. The van der Waals surface area contributed by atoms with Crippen LogP contribution in [0.4, 0.5) is 10.1 Å². The van der Waals surface area contributed by atoms with Crippen molar-refractivity contribution >= 4 is 11.6 Å². The lowest BCUT2D eigenvalue weighted by Gasteiger charge is -2.24. The Hall–Kier alpha value is -2.91. The fourth-order valence-corrected chi connectivity index (χ4v) is 2.18. The van der Waals surface area contributed by atoms with Crippen molar-refractivity contribution in [2.75, 3.05) is 25.5 Å². The molecule has 0 bridgehead atoms. The van der Waals surface area contributed by atoms with Crippen LogP contribution in [0.2, 0.25) is 0 Å². The standard InChI is InChI=1S/C19H20FN3O2/c1-14(19(24)22-17-9-5-3-7-15(17)13-21)23(2)11-12-25-18-10-6-4-8-16(18)20/h3-10,14H,11-12H2,1-2H3,(H,22,24)/t14-/m0/s1. The van der Waals surface area contributed by atoms with Gasteiger partial charge < -0.3 is 10.1 Å². The number of nitrogens with one attached hydrogen (secondary N) is 1. The largest absolute Gasteiger partial charge is 0.489 e. The van der Waals surface area contributed by atoms with Gasteiger partial charge in [-0.2, -0.15) is 5.26 Å². The van der Waals surface area contributed by atoms with Gasteiger partial charge in [-0.15, -0.1) is 0 Å². The lowest BCUT2D eigenvalue weighted by Crippen LogP contribution is -2.41. The molecule has 0 unspecified atom stereocenters. The number of hydrogen-bond donors (Lipinski definition) is 1. The second kappa shape index (κ2) is 8.81. The van der Waals surface area contributed by atoms with Crippen molar-refractivity contribution in [3.63, 3.8) is 0 Å². The van der Waals surface area contributed by atoms with Crippen LogP contribution in [0.15, 0.2) is 48.5 Å². The van der Waals surface area contributed by atoms with E-state index in [0.29, 0.717) is 17.8 Å². The molecule has 5 nitrogen and oxygen atoms in total. The maximum Gasteiger partial charge on any atom is 0.241 e. The van der Waals surface area contributed by atoms with Gasteiger partial charge in [0.15, 0.2) is 11.6 Å². The summed E-state index contributed by atoms with van der Waals surface area (Å²) in [6.45, 7) is 2.46. The first-order valence-corrected chi connectivity index (χ1v) is 7.90. The van der Waals surface area contributed by atoms with Gasteiger partial charge in [0.25, 0.3) is 0 Å². The molecule has 0 aliphatic carbocycles. The second-order valence-corrected chi connectivity index (χ2v) is 5.58. The normalized spacial score (nSPS) is 11.6. The van der Waals surface area contributed by atoms with E-state index >= 15 is 0 Å². The number of nitriles is 1. The summed E-state index contributed by atoms with van der Waals surface area (Å²) in [6.07, 6.45) is 0. The van der Waals surface area contributed by atoms with Crippen LogP contribution in [-0.2, 0) is 4.79 Å². The zero-order chi connectivity index (χ0) is 18.2. The number of nitrogens with zero attached hydrogens (tertiary/aromatic N) is 2. The third-order valence-corrected chi connectivity index (χ3v) is 3.88. The summed E-state index contributed by atoms with van der Waals surface area (Å²) in [5.41, 5.74) is 0.895. The zero-order valence-corrected chi connectivity index (χ0v) is 14.2.